The Balaban J connectivity index is 1.31. The minimum atomic E-state index is -0.0834. The molecule has 0 fully saturated rings. The molecule has 0 amide bonds. The van der Waals surface area contributed by atoms with Crippen molar-refractivity contribution in [2.24, 2.45) is 0 Å². The van der Waals surface area contributed by atoms with Gasteiger partial charge in [-0.15, -0.1) is 5.10 Å². The lowest BCUT2D eigenvalue weighted by atomic mass is 9.82. The highest BCUT2D eigenvalue weighted by atomic mass is 15.3. The van der Waals surface area contributed by atoms with Crippen LogP contribution in [0.4, 0.5) is 17.2 Å². The second kappa shape index (κ2) is 8.94. The van der Waals surface area contributed by atoms with E-state index < -0.39 is 0 Å². The van der Waals surface area contributed by atoms with E-state index in [4.69, 9.17) is 5.10 Å². The zero-order chi connectivity index (χ0) is 27.6. The Morgan fingerprint density at radius 3 is 2.10 bits per heavy atom. The Labute approximate surface area is 239 Å². The highest BCUT2D eigenvalue weighted by molar-refractivity contribution is 5.87. The molecule has 0 spiro atoms. The summed E-state index contributed by atoms with van der Waals surface area (Å²) in [4.78, 5) is 2.29. The van der Waals surface area contributed by atoms with Crippen LogP contribution in [0.25, 0.3) is 38.7 Å². The number of anilines is 3. The van der Waals surface area contributed by atoms with Crippen LogP contribution in [0.1, 0.15) is 25.0 Å². The normalized spacial score (nSPS) is 13.3. The molecule has 7 aromatic rings. The molecule has 0 bridgehead atoms. The maximum Gasteiger partial charge on any atom is 0.160 e. The van der Waals surface area contributed by atoms with Crippen LogP contribution in [0.15, 0.2) is 140 Å². The summed E-state index contributed by atoms with van der Waals surface area (Å²) >= 11 is 0. The number of hydrogen-bond donors (Lipinski definition) is 0. The van der Waals surface area contributed by atoms with E-state index in [1.54, 1.807) is 0 Å². The van der Waals surface area contributed by atoms with Crippen molar-refractivity contribution in [3.05, 3.63) is 151 Å². The van der Waals surface area contributed by atoms with Gasteiger partial charge in [0.25, 0.3) is 0 Å². The van der Waals surface area contributed by atoms with E-state index in [1.165, 1.54) is 38.8 Å². The summed E-state index contributed by atoms with van der Waals surface area (Å²) in [5, 5.41) is 6.36. The second-order valence-electron chi connectivity index (χ2n) is 11.4. The molecule has 2 aromatic heterocycles. The number of para-hydroxylation sites is 1. The average Bonchev–Trinajstić information content (AvgIpc) is 3.55. The molecular formula is C38H29N3. The molecule has 0 atom stereocenters. The van der Waals surface area contributed by atoms with Crippen LogP contribution in [0.5, 0.6) is 0 Å². The predicted octanol–water partition coefficient (Wildman–Crippen LogP) is 9.93. The first-order valence-corrected chi connectivity index (χ1v) is 14.2. The summed E-state index contributed by atoms with van der Waals surface area (Å²) in [5.41, 5.74) is 12.0. The van der Waals surface area contributed by atoms with E-state index in [2.05, 4.69) is 163 Å². The first-order valence-electron chi connectivity index (χ1n) is 14.2. The summed E-state index contributed by atoms with van der Waals surface area (Å²) in [7, 11) is 0. The van der Waals surface area contributed by atoms with Crippen LogP contribution in [0, 0.1) is 0 Å². The lowest BCUT2D eigenvalue weighted by Crippen LogP contribution is -2.16. The van der Waals surface area contributed by atoms with Gasteiger partial charge in [-0.3, -0.25) is 4.90 Å². The largest absolute Gasteiger partial charge is 0.294 e. The Morgan fingerprint density at radius 1 is 0.561 bits per heavy atom. The molecule has 3 heteroatoms. The van der Waals surface area contributed by atoms with Crippen molar-refractivity contribution < 1.29 is 0 Å². The van der Waals surface area contributed by atoms with E-state index in [9.17, 15) is 0 Å². The number of pyridine rings is 1. The Hall–Kier alpha value is -5.15. The maximum atomic E-state index is 5.19. The van der Waals surface area contributed by atoms with Crippen molar-refractivity contribution in [1.29, 1.82) is 0 Å². The third kappa shape index (κ3) is 3.70. The second-order valence-corrected chi connectivity index (χ2v) is 11.4. The van der Waals surface area contributed by atoms with Crippen LogP contribution in [-0.2, 0) is 5.41 Å². The molecule has 0 saturated heterocycles. The van der Waals surface area contributed by atoms with Crippen molar-refractivity contribution in [2.75, 3.05) is 4.90 Å². The van der Waals surface area contributed by atoms with Crippen molar-refractivity contribution in [3.8, 4) is 22.3 Å². The quantitative estimate of drug-likeness (QED) is 0.227. The van der Waals surface area contributed by atoms with Crippen LogP contribution >= 0.6 is 0 Å². The molecule has 0 radical (unpaired) electrons. The van der Waals surface area contributed by atoms with Gasteiger partial charge in [0.15, 0.2) is 5.82 Å². The van der Waals surface area contributed by atoms with Gasteiger partial charge in [-0.25, -0.2) is 4.52 Å². The van der Waals surface area contributed by atoms with Gasteiger partial charge in [-0.1, -0.05) is 111 Å². The molecule has 1 aliphatic carbocycles. The van der Waals surface area contributed by atoms with Crippen molar-refractivity contribution in [3.63, 3.8) is 0 Å². The first-order chi connectivity index (χ1) is 20.1. The number of aromatic nitrogens is 2. The molecule has 0 unspecified atom stereocenters. The van der Waals surface area contributed by atoms with Crippen LogP contribution in [-0.4, -0.2) is 9.61 Å². The molecular weight excluding hydrogens is 498 g/mol. The van der Waals surface area contributed by atoms with Gasteiger partial charge in [0.05, 0.1) is 11.0 Å². The highest BCUT2D eigenvalue weighted by Gasteiger charge is 2.35. The lowest BCUT2D eigenvalue weighted by molar-refractivity contribution is 0.660. The zero-order valence-corrected chi connectivity index (χ0v) is 23.1. The fraction of sp³-hybridized carbons (Fsp3) is 0.0789. The van der Waals surface area contributed by atoms with Gasteiger partial charge in [-0.05, 0) is 69.8 Å². The molecule has 0 saturated carbocycles. The maximum absolute atomic E-state index is 5.19. The fourth-order valence-corrected chi connectivity index (χ4v) is 6.48. The van der Waals surface area contributed by atoms with Crippen molar-refractivity contribution >= 4 is 33.6 Å². The van der Waals surface area contributed by atoms with Gasteiger partial charge >= 0.3 is 0 Å². The molecule has 8 rings (SSSR count). The van der Waals surface area contributed by atoms with Crippen molar-refractivity contribution in [1.82, 2.24) is 9.61 Å². The van der Waals surface area contributed by atoms with Gasteiger partial charge in [0.1, 0.15) is 0 Å². The van der Waals surface area contributed by atoms with Crippen molar-refractivity contribution in [2.45, 2.75) is 19.3 Å². The van der Waals surface area contributed by atoms with E-state index in [1.807, 2.05) is 0 Å². The summed E-state index contributed by atoms with van der Waals surface area (Å²) < 4.78 is 2.06. The number of hydrogen-bond acceptors (Lipinski definition) is 2. The van der Waals surface area contributed by atoms with Gasteiger partial charge in [0, 0.05) is 28.2 Å². The standard InChI is InChI=1S/C38H29N3/c1-38(2)34-14-8-7-13-32(34)33-23-22-30(24-35(33)38)40(29-19-16-27(17-20-29)26-10-4-3-5-11-26)37-25-31-21-18-28-12-6-9-15-36(28)41(31)39-37/h3-25H,1-2H3. The highest BCUT2D eigenvalue weighted by Crippen LogP contribution is 2.50. The van der Waals surface area contributed by atoms with Crippen LogP contribution in [0.2, 0.25) is 0 Å². The van der Waals surface area contributed by atoms with E-state index in [0.29, 0.717) is 0 Å². The molecule has 1 aliphatic rings. The minimum absolute atomic E-state index is 0.0834. The Bertz CT molecular complexity index is 2070. The Morgan fingerprint density at radius 2 is 1.24 bits per heavy atom. The molecule has 5 aromatic carbocycles. The molecule has 196 valence electrons. The fourth-order valence-electron chi connectivity index (χ4n) is 6.48. The van der Waals surface area contributed by atoms with E-state index in [0.717, 1.165) is 28.2 Å². The Kier molecular flexibility index (Phi) is 5.17. The smallest absolute Gasteiger partial charge is 0.160 e. The minimum Gasteiger partial charge on any atom is -0.294 e. The third-order valence-corrected chi connectivity index (χ3v) is 8.61. The van der Waals surface area contributed by atoms with E-state index >= 15 is 0 Å². The molecule has 3 nitrogen and oxygen atoms in total. The summed E-state index contributed by atoms with van der Waals surface area (Å²) in [6, 6.07) is 50.0. The van der Waals surface area contributed by atoms with Gasteiger partial charge < -0.3 is 0 Å². The first kappa shape index (κ1) is 23.7. The molecule has 2 heterocycles. The predicted molar refractivity (Wildman–Crippen MR) is 170 cm³/mol. The summed E-state index contributed by atoms with van der Waals surface area (Å²) in [6.07, 6.45) is 0. The van der Waals surface area contributed by atoms with Gasteiger partial charge in [-0.2, -0.15) is 0 Å². The van der Waals surface area contributed by atoms with Gasteiger partial charge in [0.2, 0.25) is 0 Å². The molecule has 41 heavy (non-hydrogen) atoms. The average molecular weight is 528 g/mol. The lowest BCUT2D eigenvalue weighted by Gasteiger charge is -2.26. The third-order valence-electron chi connectivity index (χ3n) is 8.61. The number of fused-ring (bicyclic) bond motifs is 6. The topological polar surface area (TPSA) is 20.5 Å². The summed E-state index contributed by atoms with van der Waals surface area (Å²) in [5.74, 6) is 0.891. The van der Waals surface area contributed by atoms with Crippen LogP contribution < -0.4 is 4.90 Å². The van der Waals surface area contributed by atoms with Crippen LogP contribution in [0.3, 0.4) is 0 Å². The van der Waals surface area contributed by atoms with E-state index in [-0.39, 0.29) is 5.41 Å². The number of nitrogens with zero attached hydrogens (tertiary/aromatic N) is 3. The summed E-state index contributed by atoms with van der Waals surface area (Å²) in [6.45, 7) is 4.66. The molecule has 0 aliphatic heterocycles. The zero-order valence-electron chi connectivity index (χ0n) is 23.1. The monoisotopic (exact) mass is 527 g/mol. The number of rotatable bonds is 4. The SMILES string of the molecule is CC1(C)c2ccccc2-c2ccc(N(c3ccc(-c4ccccc4)cc3)c3cc4ccc5ccccc5n4n3)cc21. The number of benzene rings is 5. The molecule has 0 N–H and O–H groups in total.